The van der Waals surface area contributed by atoms with Gasteiger partial charge in [-0.25, -0.2) is 0 Å². The van der Waals surface area contributed by atoms with Crippen molar-refractivity contribution in [3.8, 4) is 0 Å². The quantitative estimate of drug-likeness (QED) is 0.303. The maximum atomic E-state index is 4.30. The highest BCUT2D eigenvalue weighted by Gasteiger charge is 2.14. The van der Waals surface area contributed by atoms with Gasteiger partial charge < -0.3 is 15.5 Å². The Hall–Kier alpha value is -0.630. The van der Waals surface area contributed by atoms with Crippen molar-refractivity contribution in [2.45, 2.75) is 25.8 Å². The van der Waals surface area contributed by atoms with Gasteiger partial charge in [-0.3, -0.25) is 4.99 Å². The van der Waals surface area contributed by atoms with Crippen LogP contribution in [0.1, 0.15) is 31.4 Å². The van der Waals surface area contributed by atoms with Crippen LogP contribution in [0.25, 0.3) is 0 Å². The second kappa shape index (κ2) is 11.0. The van der Waals surface area contributed by atoms with E-state index in [9.17, 15) is 0 Å². The number of nitrogens with zero attached hydrogens (tertiary/aromatic N) is 2. The number of aliphatic imine (C=N–C) groups is 1. The molecule has 0 radical (unpaired) electrons. The topological polar surface area (TPSA) is 39.7 Å². The van der Waals surface area contributed by atoms with Crippen molar-refractivity contribution in [2.24, 2.45) is 4.99 Å². The molecule has 130 valence electrons. The SMILES string of the molecule is CN=C(NCCSC)NC(C)c1cccc(N2CCCC2)c1.I. The molecule has 1 saturated heterocycles. The van der Waals surface area contributed by atoms with Crippen molar-refractivity contribution in [1.29, 1.82) is 0 Å². The van der Waals surface area contributed by atoms with Crippen molar-refractivity contribution in [3.63, 3.8) is 0 Å². The first-order chi connectivity index (χ1) is 10.7. The van der Waals surface area contributed by atoms with Crippen molar-refractivity contribution in [3.05, 3.63) is 29.8 Å². The highest BCUT2D eigenvalue weighted by molar-refractivity contribution is 14.0. The van der Waals surface area contributed by atoms with E-state index in [0.717, 1.165) is 18.3 Å². The van der Waals surface area contributed by atoms with Crippen LogP contribution in [-0.4, -0.2) is 44.7 Å². The zero-order chi connectivity index (χ0) is 15.8. The van der Waals surface area contributed by atoms with Crippen LogP contribution >= 0.6 is 35.7 Å². The van der Waals surface area contributed by atoms with Gasteiger partial charge in [0.05, 0.1) is 6.04 Å². The summed E-state index contributed by atoms with van der Waals surface area (Å²) in [7, 11) is 1.82. The van der Waals surface area contributed by atoms with Crippen molar-refractivity contribution in [1.82, 2.24) is 10.6 Å². The molecule has 0 spiro atoms. The van der Waals surface area contributed by atoms with Gasteiger partial charge in [0, 0.05) is 38.1 Å². The van der Waals surface area contributed by atoms with Gasteiger partial charge in [-0.1, -0.05) is 12.1 Å². The summed E-state index contributed by atoms with van der Waals surface area (Å²) in [6, 6.07) is 9.10. The molecule has 1 aliphatic rings. The third-order valence-corrected chi connectivity index (χ3v) is 4.63. The first-order valence-corrected chi connectivity index (χ1v) is 9.45. The molecule has 1 unspecified atom stereocenters. The van der Waals surface area contributed by atoms with E-state index in [1.807, 2.05) is 18.8 Å². The van der Waals surface area contributed by atoms with Gasteiger partial charge in [0.1, 0.15) is 0 Å². The summed E-state index contributed by atoms with van der Waals surface area (Å²) in [5.74, 6) is 1.95. The van der Waals surface area contributed by atoms with Crippen LogP contribution in [0.2, 0.25) is 0 Å². The number of rotatable bonds is 6. The lowest BCUT2D eigenvalue weighted by Gasteiger charge is -2.22. The molecular formula is C17H29IN4S. The Bertz CT molecular complexity index is 489. The zero-order valence-corrected chi connectivity index (χ0v) is 17.5. The summed E-state index contributed by atoms with van der Waals surface area (Å²) in [6.45, 7) is 5.48. The van der Waals surface area contributed by atoms with Crippen LogP contribution in [0, 0.1) is 0 Å². The molecule has 0 amide bonds. The molecule has 1 heterocycles. The van der Waals surface area contributed by atoms with Gasteiger partial charge in [-0.05, 0) is 43.7 Å². The highest BCUT2D eigenvalue weighted by atomic mass is 127. The summed E-state index contributed by atoms with van der Waals surface area (Å²) in [6.07, 6.45) is 4.73. The van der Waals surface area contributed by atoms with Gasteiger partial charge in [-0.15, -0.1) is 24.0 Å². The molecule has 2 N–H and O–H groups in total. The molecular weight excluding hydrogens is 419 g/mol. The Morgan fingerprint density at radius 1 is 1.35 bits per heavy atom. The van der Waals surface area contributed by atoms with Crippen LogP contribution in [0.15, 0.2) is 29.3 Å². The molecule has 0 aromatic heterocycles. The van der Waals surface area contributed by atoms with Crippen LogP contribution in [0.4, 0.5) is 5.69 Å². The molecule has 1 aromatic rings. The Morgan fingerprint density at radius 3 is 2.74 bits per heavy atom. The zero-order valence-electron chi connectivity index (χ0n) is 14.3. The molecule has 1 aromatic carbocycles. The number of thioether (sulfide) groups is 1. The number of hydrogen-bond acceptors (Lipinski definition) is 3. The largest absolute Gasteiger partial charge is 0.372 e. The van der Waals surface area contributed by atoms with E-state index in [1.165, 1.54) is 37.2 Å². The van der Waals surface area contributed by atoms with Gasteiger partial charge in [0.25, 0.3) is 0 Å². The van der Waals surface area contributed by atoms with Crippen LogP contribution in [-0.2, 0) is 0 Å². The molecule has 0 bridgehead atoms. The Morgan fingerprint density at radius 2 is 2.09 bits per heavy atom. The van der Waals surface area contributed by atoms with E-state index < -0.39 is 0 Å². The lowest BCUT2D eigenvalue weighted by molar-refractivity contribution is 0.690. The fourth-order valence-electron chi connectivity index (χ4n) is 2.72. The number of nitrogens with one attached hydrogen (secondary N) is 2. The van der Waals surface area contributed by atoms with Gasteiger partial charge in [0.15, 0.2) is 5.96 Å². The van der Waals surface area contributed by atoms with Crippen molar-refractivity contribution in [2.75, 3.05) is 43.6 Å². The molecule has 0 saturated carbocycles. The lowest BCUT2D eigenvalue weighted by Crippen LogP contribution is -2.39. The van der Waals surface area contributed by atoms with Gasteiger partial charge in [0.2, 0.25) is 0 Å². The molecule has 23 heavy (non-hydrogen) atoms. The summed E-state index contributed by atoms with van der Waals surface area (Å²) in [5, 5.41) is 6.82. The first kappa shape index (κ1) is 20.4. The number of halogens is 1. The normalized spacial score (nSPS) is 16.0. The number of anilines is 1. The van der Waals surface area contributed by atoms with Crippen molar-refractivity contribution < 1.29 is 0 Å². The monoisotopic (exact) mass is 448 g/mol. The third kappa shape index (κ3) is 6.41. The van der Waals surface area contributed by atoms with E-state index in [1.54, 1.807) is 0 Å². The molecule has 4 nitrogen and oxygen atoms in total. The van der Waals surface area contributed by atoms with Crippen LogP contribution in [0.5, 0.6) is 0 Å². The average Bonchev–Trinajstić information content (AvgIpc) is 3.08. The minimum atomic E-state index is 0. The molecule has 1 fully saturated rings. The van der Waals surface area contributed by atoms with Gasteiger partial charge >= 0.3 is 0 Å². The average molecular weight is 448 g/mol. The second-order valence-electron chi connectivity index (χ2n) is 5.65. The smallest absolute Gasteiger partial charge is 0.191 e. The fourth-order valence-corrected chi connectivity index (χ4v) is 3.03. The minimum Gasteiger partial charge on any atom is -0.372 e. The number of benzene rings is 1. The van der Waals surface area contributed by atoms with Crippen LogP contribution < -0.4 is 15.5 Å². The van der Waals surface area contributed by atoms with Gasteiger partial charge in [-0.2, -0.15) is 11.8 Å². The molecule has 0 aliphatic carbocycles. The van der Waals surface area contributed by atoms with E-state index >= 15 is 0 Å². The Kier molecular flexibility index (Phi) is 9.78. The third-order valence-electron chi connectivity index (χ3n) is 4.02. The number of hydrogen-bond donors (Lipinski definition) is 2. The van der Waals surface area contributed by atoms with Crippen molar-refractivity contribution >= 4 is 47.4 Å². The molecule has 1 atom stereocenters. The Labute approximate surface area is 161 Å². The van der Waals surface area contributed by atoms with E-state index in [2.05, 4.69) is 58.0 Å². The molecule has 1 aliphatic heterocycles. The Balaban J connectivity index is 0.00000264. The van der Waals surface area contributed by atoms with E-state index in [4.69, 9.17) is 0 Å². The summed E-state index contributed by atoms with van der Waals surface area (Å²) < 4.78 is 0. The lowest BCUT2D eigenvalue weighted by atomic mass is 10.1. The second-order valence-corrected chi connectivity index (χ2v) is 6.63. The van der Waals surface area contributed by atoms with Crippen LogP contribution in [0.3, 0.4) is 0 Å². The molecule has 6 heteroatoms. The first-order valence-electron chi connectivity index (χ1n) is 8.05. The van der Waals surface area contributed by atoms with E-state index in [0.29, 0.717) is 0 Å². The summed E-state index contributed by atoms with van der Waals surface area (Å²) in [5.41, 5.74) is 2.64. The molecule has 2 rings (SSSR count). The summed E-state index contributed by atoms with van der Waals surface area (Å²) in [4.78, 5) is 6.77. The maximum absolute atomic E-state index is 4.30. The maximum Gasteiger partial charge on any atom is 0.191 e. The standard InChI is InChI=1S/C17H28N4S.HI/c1-14(20-17(18-2)19-9-12-22-3)15-7-6-8-16(13-15)21-10-4-5-11-21;/h6-8,13-14H,4-5,9-12H2,1-3H3,(H2,18,19,20);1H. The predicted octanol–water partition coefficient (Wildman–Crippen LogP) is 3.49. The van der Waals surface area contributed by atoms with E-state index in [-0.39, 0.29) is 30.0 Å². The fraction of sp³-hybridized carbons (Fsp3) is 0.588. The predicted molar refractivity (Wildman–Crippen MR) is 115 cm³/mol. The number of guanidine groups is 1. The minimum absolute atomic E-state index is 0. The highest BCUT2D eigenvalue weighted by Crippen LogP contribution is 2.23. The summed E-state index contributed by atoms with van der Waals surface area (Å²) >= 11 is 1.83.